The first-order valence-corrected chi connectivity index (χ1v) is 10.2. The highest BCUT2D eigenvalue weighted by Gasteiger charge is 2.37. The summed E-state index contributed by atoms with van der Waals surface area (Å²) in [6.45, 7) is 0. The van der Waals surface area contributed by atoms with Crippen LogP contribution in [0.5, 0.6) is 11.5 Å². The van der Waals surface area contributed by atoms with Crippen LogP contribution in [0.1, 0.15) is 20.8 Å². The summed E-state index contributed by atoms with van der Waals surface area (Å²) in [5, 5.41) is 27.9. The van der Waals surface area contributed by atoms with Crippen molar-refractivity contribution < 1.29 is 37.3 Å². The molecule has 1 N–H and O–H groups in total. The van der Waals surface area contributed by atoms with E-state index in [2.05, 4.69) is 10.5 Å². The van der Waals surface area contributed by atoms with Crippen molar-refractivity contribution >= 4 is 40.6 Å². The molecular weight excluding hydrogens is 497 g/mol. The van der Waals surface area contributed by atoms with E-state index in [0.29, 0.717) is 10.4 Å². The van der Waals surface area contributed by atoms with Gasteiger partial charge in [-0.15, -0.1) is 11.3 Å². The predicted molar refractivity (Wildman–Crippen MR) is 118 cm³/mol. The van der Waals surface area contributed by atoms with E-state index in [1.54, 1.807) is 17.5 Å². The van der Waals surface area contributed by atoms with E-state index in [1.165, 1.54) is 36.6 Å². The van der Waals surface area contributed by atoms with Crippen molar-refractivity contribution in [2.75, 3.05) is 12.5 Å². The average Bonchev–Trinajstić information content (AvgIpc) is 3.34. The van der Waals surface area contributed by atoms with Crippen molar-refractivity contribution in [3.8, 4) is 11.5 Å². The van der Waals surface area contributed by atoms with Gasteiger partial charge in [0.05, 0.1) is 28.7 Å². The topological polar surface area (TPSA) is 146 Å². The Morgan fingerprint density at radius 2 is 1.74 bits per heavy atom. The number of ether oxygens (including phenoxy) is 2. The number of rotatable bonds is 8. The van der Waals surface area contributed by atoms with Gasteiger partial charge in [0, 0.05) is 12.1 Å². The fraction of sp³-hybridized carbons (Fsp3) is 0.100. The van der Waals surface area contributed by atoms with Crippen LogP contribution < -0.4 is 14.9 Å². The highest BCUT2D eigenvalue weighted by Crippen LogP contribution is 2.41. The summed E-state index contributed by atoms with van der Waals surface area (Å²) in [7, 11) is 1.31. The van der Waals surface area contributed by atoms with Crippen molar-refractivity contribution in [2.24, 2.45) is 5.10 Å². The lowest BCUT2D eigenvalue weighted by Crippen LogP contribution is -2.09. The second kappa shape index (κ2) is 10.2. The van der Waals surface area contributed by atoms with Crippen molar-refractivity contribution in [3.05, 3.63) is 84.1 Å². The first-order chi connectivity index (χ1) is 16.5. The Morgan fingerprint density at radius 1 is 1.09 bits per heavy atom. The van der Waals surface area contributed by atoms with Crippen LogP contribution in [0.4, 0.5) is 30.2 Å². The number of halogens is 3. The number of carbonyl (C=O) groups excluding carboxylic acids is 1. The Labute approximate surface area is 197 Å². The largest absolute Gasteiger partial charge is 0.493 e. The van der Waals surface area contributed by atoms with Crippen LogP contribution in [0, 0.1) is 20.2 Å². The molecule has 0 aliphatic rings. The van der Waals surface area contributed by atoms with Crippen LogP contribution in [0.3, 0.4) is 0 Å². The SMILES string of the molecule is COc1cc(C=NNc2c([N+](=O)[O-])cc(C(F)(F)F)cc2[N+](=O)[O-])ccc1OC(=O)c1cccs1. The molecule has 15 heteroatoms. The summed E-state index contributed by atoms with van der Waals surface area (Å²) < 4.78 is 49.5. The lowest BCUT2D eigenvalue weighted by molar-refractivity contribution is -0.392. The highest BCUT2D eigenvalue weighted by atomic mass is 32.1. The zero-order chi connectivity index (χ0) is 25.8. The molecule has 0 aliphatic carbocycles. The molecule has 2 aromatic carbocycles. The Bertz CT molecular complexity index is 1280. The van der Waals surface area contributed by atoms with E-state index in [0.717, 1.165) is 6.21 Å². The van der Waals surface area contributed by atoms with Crippen molar-refractivity contribution in [3.63, 3.8) is 0 Å². The maximum absolute atomic E-state index is 13.0. The van der Waals surface area contributed by atoms with Gasteiger partial charge in [0.1, 0.15) is 4.88 Å². The molecule has 3 rings (SSSR count). The fourth-order valence-electron chi connectivity index (χ4n) is 2.74. The molecule has 0 aliphatic heterocycles. The number of anilines is 1. The predicted octanol–water partition coefficient (Wildman–Crippen LogP) is 5.26. The number of benzene rings is 2. The molecule has 0 radical (unpaired) electrons. The average molecular weight is 510 g/mol. The molecule has 3 aromatic rings. The number of carbonyl (C=O) groups is 1. The molecule has 1 aromatic heterocycles. The number of esters is 1. The zero-order valence-electron chi connectivity index (χ0n) is 17.4. The fourth-order valence-corrected chi connectivity index (χ4v) is 3.34. The molecule has 0 saturated heterocycles. The molecule has 1 heterocycles. The van der Waals surface area contributed by atoms with Gasteiger partial charge in [-0.1, -0.05) is 6.07 Å². The van der Waals surface area contributed by atoms with E-state index < -0.39 is 44.6 Å². The maximum atomic E-state index is 13.0. The van der Waals surface area contributed by atoms with Gasteiger partial charge < -0.3 is 9.47 Å². The van der Waals surface area contributed by atoms with Gasteiger partial charge >= 0.3 is 23.5 Å². The van der Waals surface area contributed by atoms with Gasteiger partial charge in [-0.2, -0.15) is 18.3 Å². The number of thiophene rings is 1. The monoisotopic (exact) mass is 510 g/mol. The molecule has 0 spiro atoms. The normalized spacial score (nSPS) is 11.3. The molecule has 0 saturated carbocycles. The van der Waals surface area contributed by atoms with Gasteiger partial charge in [-0.3, -0.25) is 25.7 Å². The summed E-state index contributed by atoms with van der Waals surface area (Å²) in [6, 6.07) is 7.80. The van der Waals surface area contributed by atoms with Crippen molar-refractivity contribution in [2.45, 2.75) is 6.18 Å². The van der Waals surface area contributed by atoms with E-state index in [1.807, 2.05) is 0 Å². The van der Waals surface area contributed by atoms with Gasteiger partial charge in [0.15, 0.2) is 11.5 Å². The van der Waals surface area contributed by atoms with Crippen LogP contribution in [0.25, 0.3) is 0 Å². The molecule has 0 amide bonds. The number of nitro benzene ring substituents is 2. The quantitative estimate of drug-likeness (QED) is 0.142. The molecule has 0 atom stereocenters. The minimum atomic E-state index is -5.04. The zero-order valence-corrected chi connectivity index (χ0v) is 18.3. The molecule has 0 unspecified atom stereocenters. The van der Waals surface area contributed by atoms with Crippen LogP contribution in [0.15, 0.2) is 52.9 Å². The number of hydrogen-bond acceptors (Lipinski definition) is 10. The molecule has 35 heavy (non-hydrogen) atoms. The summed E-state index contributed by atoms with van der Waals surface area (Å²) in [5.41, 5.74) is -2.38. The number of methoxy groups -OCH3 is 1. The lowest BCUT2D eigenvalue weighted by atomic mass is 10.1. The second-order valence-electron chi connectivity index (χ2n) is 6.55. The third-order valence-electron chi connectivity index (χ3n) is 4.32. The van der Waals surface area contributed by atoms with Crippen molar-refractivity contribution in [1.82, 2.24) is 0 Å². The first-order valence-electron chi connectivity index (χ1n) is 9.28. The third kappa shape index (κ3) is 5.89. The summed E-state index contributed by atoms with van der Waals surface area (Å²) in [4.78, 5) is 32.6. The number of nitrogens with one attached hydrogen (secondary N) is 1. The van der Waals surface area contributed by atoms with E-state index in [4.69, 9.17) is 9.47 Å². The minimum Gasteiger partial charge on any atom is -0.493 e. The summed E-state index contributed by atoms with van der Waals surface area (Å²) in [6.07, 6.45) is -3.96. The van der Waals surface area contributed by atoms with Gasteiger partial charge in [0.2, 0.25) is 5.69 Å². The maximum Gasteiger partial charge on any atom is 0.416 e. The van der Waals surface area contributed by atoms with Crippen LogP contribution in [-0.4, -0.2) is 29.1 Å². The van der Waals surface area contributed by atoms with Gasteiger partial charge in [0.25, 0.3) is 0 Å². The number of nitrogens with zero attached hydrogens (tertiary/aromatic N) is 3. The highest BCUT2D eigenvalue weighted by molar-refractivity contribution is 7.12. The minimum absolute atomic E-state index is 0.0880. The van der Waals surface area contributed by atoms with E-state index in [-0.39, 0.29) is 23.6 Å². The molecule has 182 valence electrons. The lowest BCUT2D eigenvalue weighted by Gasteiger charge is -2.10. The smallest absolute Gasteiger partial charge is 0.416 e. The second-order valence-corrected chi connectivity index (χ2v) is 7.50. The number of hydrogen-bond donors (Lipinski definition) is 1. The van der Waals surface area contributed by atoms with Gasteiger partial charge in [-0.25, -0.2) is 4.79 Å². The Morgan fingerprint density at radius 3 is 2.26 bits per heavy atom. The standard InChI is InChI=1S/C20H13F3N4O7S/c1-33-16-7-11(4-5-15(16)34-19(28)17-3-2-6-35-17)10-24-25-18-13(26(29)30)8-12(20(21,22)23)9-14(18)27(31)32/h2-10,25H,1H3. The number of alkyl halides is 3. The Kier molecular flexibility index (Phi) is 7.29. The Balaban J connectivity index is 1.87. The molecule has 0 fully saturated rings. The molecule has 0 bridgehead atoms. The van der Waals surface area contributed by atoms with Crippen LogP contribution in [0.2, 0.25) is 0 Å². The number of nitro groups is 2. The van der Waals surface area contributed by atoms with Crippen LogP contribution in [-0.2, 0) is 6.18 Å². The van der Waals surface area contributed by atoms with E-state index in [9.17, 15) is 38.2 Å². The number of hydrazone groups is 1. The summed E-state index contributed by atoms with van der Waals surface area (Å²) in [5.74, 6) is -0.390. The van der Waals surface area contributed by atoms with Gasteiger partial charge in [-0.05, 0) is 35.2 Å². The third-order valence-corrected chi connectivity index (χ3v) is 5.17. The van der Waals surface area contributed by atoms with Crippen molar-refractivity contribution in [1.29, 1.82) is 0 Å². The Hall–Kier alpha value is -4.53. The molecule has 11 nitrogen and oxygen atoms in total. The summed E-state index contributed by atoms with van der Waals surface area (Å²) >= 11 is 1.18. The molecular formula is C20H13F3N4O7S. The first kappa shape index (κ1) is 25.1. The van der Waals surface area contributed by atoms with E-state index >= 15 is 0 Å². The van der Waals surface area contributed by atoms with Crippen LogP contribution >= 0.6 is 11.3 Å².